The molecule has 13 nitrogen and oxygen atoms in total. The van der Waals surface area contributed by atoms with Crippen LogP contribution in [0.4, 0.5) is 22.0 Å². The number of fused-ring (bicyclic) bond motifs is 2. The van der Waals surface area contributed by atoms with Crippen molar-refractivity contribution in [3.05, 3.63) is 60.9 Å². The molecule has 0 bridgehead atoms. The number of methoxy groups -OCH3 is 1. The molecular formula is C39H49N7O6. The van der Waals surface area contributed by atoms with E-state index in [-0.39, 0.29) is 11.8 Å². The minimum Gasteiger partial charge on any atom is -0.494 e. The maximum atomic E-state index is 14.3. The van der Waals surface area contributed by atoms with Crippen molar-refractivity contribution in [1.29, 1.82) is 0 Å². The Hall–Kier alpha value is -5.46. The summed E-state index contributed by atoms with van der Waals surface area (Å²) < 4.78 is 5.65. The summed E-state index contributed by atoms with van der Waals surface area (Å²) in [6.45, 7) is 11.6. The van der Waals surface area contributed by atoms with Crippen molar-refractivity contribution in [3.63, 3.8) is 0 Å². The number of likely N-dealkylation sites (N-methyl/N-ethyl adjacent to an activating group) is 1. The van der Waals surface area contributed by atoms with Gasteiger partial charge in [-0.2, -0.15) is 0 Å². The van der Waals surface area contributed by atoms with Crippen LogP contribution in [-0.4, -0.2) is 87.5 Å². The molecular weight excluding hydrogens is 662 g/mol. The van der Waals surface area contributed by atoms with Gasteiger partial charge in [0.2, 0.25) is 17.7 Å². The van der Waals surface area contributed by atoms with Crippen LogP contribution in [0.15, 0.2) is 60.9 Å². The third kappa shape index (κ3) is 8.52. The standard InChI is InChI=1S/C39H49N7O6/c1-38(2,3)21-30(45(7)37(50)51)35(48)44-32(39(4,5)6)36(49)46-17-11-14-29(46)34(47)43-28-19-26-27(20-31(28)52-8)40-22-41-33(26)42-25-16-15-23-12-9-10-13-24(23)18-25/h9-10,12-13,15-16,18-20,22,29-30,32H,11,14,17,21H2,1-8H3,(H,43,47)(H,44,48)(H,50,51)(H,40,41,42)/t29-,30-,32+/m0/s1. The van der Waals surface area contributed by atoms with Gasteiger partial charge in [0.05, 0.1) is 18.3 Å². The molecule has 0 radical (unpaired) electrons. The molecule has 0 spiro atoms. The molecule has 5 rings (SSSR count). The number of benzene rings is 3. The lowest BCUT2D eigenvalue weighted by Gasteiger charge is -2.37. The maximum absolute atomic E-state index is 14.3. The number of carbonyl (C=O) groups is 4. The number of amides is 4. The molecule has 3 aromatic carbocycles. The zero-order valence-corrected chi connectivity index (χ0v) is 31.1. The molecule has 2 heterocycles. The van der Waals surface area contributed by atoms with Crippen molar-refractivity contribution in [1.82, 2.24) is 25.1 Å². The molecule has 4 amide bonds. The van der Waals surface area contributed by atoms with Gasteiger partial charge in [0, 0.05) is 30.7 Å². The Balaban J connectivity index is 1.39. The van der Waals surface area contributed by atoms with Crippen LogP contribution in [0.25, 0.3) is 21.7 Å². The molecule has 1 fully saturated rings. The van der Waals surface area contributed by atoms with Crippen molar-refractivity contribution >= 4 is 62.7 Å². The monoisotopic (exact) mass is 711 g/mol. The van der Waals surface area contributed by atoms with Gasteiger partial charge in [-0.15, -0.1) is 0 Å². The van der Waals surface area contributed by atoms with E-state index in [0.717, 1.165) is 21.4 Å². The molecule has 1 aliphatic heterocycles. The lowest BCUT2D eigenvalue weighted by atomic mass is 9.84. The number of likely N-dealkylation sites (tertiary alicyclic amines) is 1. The molecule has 0 saturated carbocycles. The number of hydrogen-bond acceptors (Lipinski definition) is 8. The topological polar surface area (TPSA) is 166 Å². The summed E-state index contributed by atoms with van der Waals surface area (Å²) in [5.74, 6) is -0.451. The summed E-state index contributed by atoms with van der Waals surface area (Å²) in [6, 6.07) is 14.7. The van der Waals surface area contributed by atoms with Gasteiger partial charge in [-0.1, -0.05) is 71.9 Å². The number of rotatable bonds is 10. The molecule has 4 aromatic rings. The quantitative estimate of drug-likeness (QED) is 0.145. The normalized spacial score (nSPS) is 15.9. The highest BCUT2D eigenvalue weighted by Crippen LogP contribution is 2.35. The fourth-order valence-corrected chi connectivity index (χ4v) is 6.54. The molecule has 1 saturated heterocycles. The number of anilines is 3. The van der Waals surface area contributed by atoms with Crippen molar-refractivity contribution in [2.75, 3.05) is 31.3 Å². The Morgan fingerprint density at radius 3 is 2.37 bits per heavy atom. The first-order valence-electron chi connectivity index (χ1n) is 17.4. The van der Waals surface area contributed by atoms with E-state index in [1.807, 2.05) is 84.0 Å². The Labute approximate surface area is 304 Å². The minimum atomic E-state index is -1.24. The van der Waals surface area contributed by atoms with E-state index in [4.69, 9.17) is 4.74 Å². The highest BCUT2D eigenvalue weighted by Gasteiger charge is 2.43. The average molecular weight is 712 g/mol. The van der Waals surface area contributed by atoms with E-state index >= 15 is 0 Å². The first-order chi connectivity index (χ1) is 24.5. The predicted molar refractivity (Wildman–Crippen MR) is 202 cm³/mol. The second kappa shape index (κ2) is 15.0. The molecule has 13 heteroatoms. The number of carboxylic acid groups (broad SMARTS) is 1. The van der Waals surface area contributed by atoms with E-state index in [2.05, 4.69) is 25.9 Å². The first kappa shape index (κ1) is 37.8. The number of aromatic nitrogens is 2. The smallest absolute Gasteiger partial charge is 0.407 e. The summed E-state index contributed by atoms with van der Waals surface area (Å²) in [4.78, 5) is 65.2. The van der Waals surface area contributed by atoms with E-state index in [1.54, 1.807) is 12.1 Å². The second-order valence-corrected chi connectivity index (χ2v) is 15.6. The van der Waals surface area contributed by atoms with Crippen molar-refractivity contribution in [2.45, 2.75) is 78.9 Å². The Bertz CT molecular complexity index is 1990. The van der Waals surface area contributed by atoms with Gasteiger partial charge in [0.15, 0.2) is 0 Å². The van der Waals surface area contributed by atoms with Crippen LogP contribution in [0.1, 0.15) is 60.8 Å². The number of ether oxygens (including phenoxy) is 1. The largest absolute Gasteiger partial charge is 0.494 e. The van der Waals surface area contributed by atoms with Gasteiger partial charge >= 0.3 is 6.09 Å². The Morgan fingerprint density at radius 2 is 1.71 bits per heavy atom. The summed E-state index contributed by atoms with van der Waals surface area (Å²) in [5, 5.41) is 21.8. The third-order valence-electron chi connectivity index (χ3n) is 9.34. The molecule has 276 valence electrons. The first-order valence-corrected chi connectivity index (χ1v) is 17.4. The number of nitrogens with zero attached hydrogens (tertiary/aromatic N) is 4. The van der Waals surface area contributed by atoms with Crippen molar-refractivity contribution < 1.29 is 29.0 Å². The SMILES string of the molecule is COc1cc2ncnc(Nc3ccc4ccccc4c3)c2cc1NC(=O)[C@@H]1CCCN1C(=O)[C@@H](NC(=O)[C@H](CC(C)(C)C)N(C)C(=O)O)C(C)(C)C. The van der Waals surface area contributed by atoms with Crippen molar-refractivity contribution in [3.8, 4) is 5.75 Å². The van der Waals surface area contributed by atoms with Crippen LogP contribution in [0.2, 0.25) is 0 Å². The number of nitrogens with one attached hydrogen (secondary N) is 3. The summed E-state index contributed by atoms with van der Waals surface area (Å²) in [7, 11) is 2.85. The molecule has 0 aliphatic carbocycles. The Morgan fingerprint density at radius 1 is 1.00 bits per heavy atom. The van der Waals surface area contributed by atoms with E-state index in [9.17, 15) is 24.3 Å². The summed E-state index contributed by atoms with van der Waals surface area (Å²) in [6.07, 6.45) is 1.47. The van der Waals surface area contributed by atoms with Crippen LogP contribution in [0.3, 0.4) is 0 Å². The maximum Gasteiger partial charge on any atom is 0.407 e. The summed E-state index contributed by atoms with van der Waals surface area (Å²) >= 11 is 0. The van der Waals surface area contributed by atoms with Gasteiger partial charge in [-0.3, -0.25) is 19.3 Å². The van der Waals surface area contributed by atoms with E-state index in [0.29, 0.717) is 47.5 Å². The Kier molecular flexibility index (Phi) is 10.9. The van der Waals surface area contributed by atoms with Gasteiger partial charge in [0.25, 0.3) is 0 Å². The average Bonchev–Trinajstić information content (AvgIpc) is 3.58. The molecule has 52 heavy (non-hydrogen) atoms. The van der Waals surface area contributed by atoms with Crippen LogP contribution < -0.4 is 20.7 Å². The van der Waals surface area contributed by atoms with Crippen LogP contribution >= 0.6 is 0 Å². The van der Waals surface area contributed by atoms with Gasteiger partial charge in [-0.05, 0) is 59.1 Å². The summed E-state index contributed by atoms with van der Waals surface area (Å²) in [5.41, 5.74) is 0.709. The fraction of sp³-hybridized carbons (Fsp3) is 0.436. The highest BCUT2D eigenvalue weighted by atomic mass is 16.5. The highest BCUT2D eigenvalue weighted by molar-refractivity contribution is 6.03. The zero-order chi connectivity index (χ0) is 38.0. The predicted octanol–water partition coefficient (Wildman–Crippen LogP) is 6.41. The van der Waals surface area contributed by atoms with Gasteiger partial charge < -0.3 is 30.7 Å². The van der Waals surface area contributed by atoms with E-state index < -0.39 is 47.4 Å². The molecule has 1 aromatic heterocycles. The van der Waals surface area contributed by atoms with Crippen LogP contribution in [-0.2, 0) is 14.4 Å². The van der Waals surface area contributed by atoms with Crippen LogP contribution in [0.5, 0.6) is 5.75 Å². The van der Waals surface area contributed by atoms with Crippen molar-refractivity contribution in [2.24, 2.45) is 10.8 Å². The molecule has 4 N–H and O–H groups in total. The third-order valence-corrected chi connectivity index (χ3v) is 9.34. The van der Waals surface area contributed by atoms with E-state index in [1.165, 1.54) is 25.4 Å². The second-order valence-electron chi connectivity index (χ2n) is 15.6. The molecule has 1 aliphatic rings. The lowest BCUT2D eigenvalue weighted by molar-refractivity contribution is -0.143. The molecule has 3 atom stereocenters. The zero-order valence-electron chi connectivity index (χ0n) is 31.1. The number of hydrogen-bond donors (Lipinski definition) is 4. The van der Waals surface area contributed by atoms with Gasteiger partial charge in [-0.25, -0.2) is 14.8 Å². The minimum absolute atomic E-state index is 0.250. The van der Waals surface area contributed by atoms with Gasteiger partial charge in [0.1, 0.15) is 36.0 Å². The number of carbonyl (C=O) groups excluding carboxylic acids is 3. The van der Waals surface area contributed by atoms with Crippen LogP contribution in [0, 0.1) is 10.8 Å². The molecule has 0 unspecified atom stereocenters. The lowest BCUT2D eigenvalue weighted by Crippen LogP contribution is -2.60. The fourth-order valence-electron chi connectivity index (χ4n) is 6.54.